The van der Waals surface area contributed by atoms with Gasteiger partial charge in [-0.15, -0.1) is 0 Å². The maximum Gasteiger partial charge on any atom is 0.120 e. The number of nitrogens with zero attached hydrogens (tertiary/aromatic N) is 3. The van der Waals surface area contributed by atoms with Crippen molar-refractivity contribution in [3.63, 3.8) is 0 Å². The molecule has 0 saturated heterocycles. The van der Waals surface area contributed by atoms with E-state index in [2.05, 4.69) is 42.3 Å². The predicted octanol–water partition coefficient (Wildman–Crippen LogP) is 2.06. The standard InChI is InChI=1S/C15H24N4O/c1-5-16-8-15-12(2)6-14(20-15)11-18(3)9-13-7-17-19(4)10-13/h6-7,10,16H,5,8-9,11H2,1-4H3. The molecule has 2 aromatic rings. The van der Waals surface area contributed by atoms with Crippen molar-refractivity contribution in [3.8, 4) is 0 Å². The summed E-state index contributed by atoms with van der Waals surface area (Å²) in [5, 5.41) is 7.48. The zero-order valence-electron chi connectivity index (χ0n) is 12.8. The van der Waals surface area contributed by atoms with Crippen molar-refractivity contribution >= 4 is 0 Å². The molecule has 0 aliphatic rings. The van der Waals surface area contributed by atoms with E-state index < -0.39 is 0 Å². The summed E-state index contributed by atoms with van der Waals surface area (Å²) in [4.78, 5) is 2.23. The molecule has 2 heterocycles. The fraction of sp³-hybridized carbons (Fsp3) is 0.533. The molecule has 0 radical (unpaired) electrons. The van der Waals surface area contributed by atoms with Gasteiger partial charge < -0.3 is 9.73 Å². The lowest BCUT2D eigenvalue weighted by Gasteiger charge is -2.13. The Hall–Kier alpha value is -1.59. The molecule has 0 fully saturated rings. The lowest BCUT2D eigenvalue weighted by Crippen LogP contribution is -2.16. The quantitative estimate of drug-likeness (QED) is 0.841. The summed E-state index contributed by atoms with van der Waals surface area (Å²) < 4.78 is 7.73. The normalized spacial score (nSPS) is 11.4. The minimum Gasteiger partial charge on any atom is -0.463 e. The van der Waals surface area contributed by atoms with Gasteiger partial charge in [0.1, 0.15) is 11.5 Å². The molecule has 0 saturated carbocycles. The summed E-state index contributed by atoms with van der Waals surface area (Å²) >= 11 is 0. The van der Waals surface area contributed by atoms with Crippen LogP contribution in [0.25, 0.3) is 0 Å². The Morgan fingerprint density at radius 1 is 1.40 bits per heavy atom. The zero-order valence-corrected chi connectivity index (χ0v) is 12.8. The molecular formula is C15H24N4O. The summed E-state index contributed by atoms with van der Waals surface area (Å²) in [5.41, 5.74) is 2.43. The molecule has 20 heavy (non-hydrogen) atoms. The molecule has 0 aliphatic carbocycles. The van der Waals surface area contributed by atoms with Gasteiger partial charge in [-0.1, -0.05) is 6.92 Å². The van der Waals surface area contributed by atoms with Gasteiger partial charge in [0.15, 0.2) is 0 Å². The first-order chi connectivity index (χ1) is 9.58. The van der Waals surface area contributed by atoms with Crippen molar-refractivity contribution in [1.82, 2.24) is 20.0 Å². The molecule has 0 amide bonds. The van der Waals surface area contributed by atoms with Gasteiger partial charge in [0, 0.05) is 25.4 Å². The zero-order chi connectivity index (χ0) is 14.5. The van der Waals surface area contributed by atoms with E-state index in [4.69, 9.17) is 4.42 Å². The molecule has 2 rings (SSSR count). The Labute approximate surface area is 120 Å². The fourth-order valence-corrected chi connectivity index (χ4v) is 2.27. The third-order valence-electron chi connectivity index (χ3n) is 3.24. The van der Waals surface area contributed by atoms with Gasteiger partial charge in [0.05, 0.1) is 19.3 Å². The fourth-order valence-electron chi connectivity index (χ4n) is 2.27. The molecule has 0 unspecified atom stereocenters. The highest BCUT2D eigenvalue weighted by atomic mass is 16.3. The molecule has 0 bridgehead atoms. The highest BCUT2D eigenvalue weighted by Crippen LogP contribution is 2.16. The van der Waals surface area contributed by atoms with Crippen LogP contribution in [0.2, 0.25) is 0 Å². The van der Waals surface area contributed by atoms with Crippen LogP contribution in [-0.4, -0.2) is 28.3 Å². The first kappa shape index (κ1) is 14.8. The van der Waals surface area contributed by atoms with E-state index in [1.54, 1.807) is 0 Å². The van der Waals surface area contributed by atoms with Crippen LogP contribution < -0.4 is 5.32 Å². The molecule has 2 aromatic heterocycles. The van der Waals surface area contributed by atoms with E-state index >= 15 is 0 Å². The Morgan fingerprint density at radius 2 is 2.20 bits per heavy atom. The number of aryl methyl sites for hydroxylation is 2. The second kappa shape index (κ2) is 6.72. The molecule has 5 heteroatoms. The number of furan rings is 1. The molecule has 0 atom stereocenters. The SMILES string of the molecule is CCNCc1oc(CN(C)Cc2cnn(C)c2)cc1C. The summed E-state index contributed by atoms with van der Waals surface area (Å²) in [6.45, 7) is 7.63. The smallest absolute Gasteiger partial charge is 0.120 e. The van der Waals surface area contributed by atoms with Gasteiger partial charge in [0.25, 0.3) is 0 Å². The van der Waals surface area contributed by atoms with Crippen LogP contribution in [0.5, 0.6) is 0 Å². The largest absolute Gasteiger partial charge is 0.463 e. The first-order valence-corrected chi connectivity index (χ1v) is 7.03. The van der Waals surface area contributed by atoms with Gasteiger partial charge >= 0.3 is 0 Å². The maximum absolute atomic E-state index is 5.91. The Balaban J connectivity index is 1.92. The molecule has 1 N–H and O–H groups in total. The van der Waals surface area contributed by atoms with Crippen LogP contribution in [0.4, 0.5) is 0 Å². The highest BCUT2D eigenvalue weighted by Gasteiger charge is 2.10. The monoisotopic (exact) mass is 276 g/mol. The van der Waals surface area contributed by atoms with E-state index in [0.717, 1.165) is 37.7 Å². The second-order valence-electron chi connectivity index (χ2n) is 5.29. The average molecular weight is 276 g/mol. The molecule has 5 nitrogen and oxygen atoms in total. The summed E-state index contributed by atoms with van der Waals surface area (Å²) in [5.74, 6) is 2.05. The summed E-state index contributed by atoms with van der Waals surface area (Å²) in [7, 11) is 4.03. The van der Waals surface area contributed by atoms with Crippen LogP contribution in [0.3, 0.4) is 0 Å². The van der Waals surface area contributed by atoms with E-state index in [1.807, 2.05) is 24.1 Å². The Kier molecular flexibility index (Phi) is 4.98. The Morgan fingerprint density at radius 3 is 2.85 bits per heavy atom. The summed E-state index contributed by atoms with van der Waals surface area (Å²) in [6, 6.07) is 2.13. The van der Waals surface area contributed by atoms with E-state index in [-0.39, 0.29) is 0 Å². The van der Waals surface area contributed by atoms with Crippen LogP contribution in [-0.2, 0) is 26.7 Å². The van der Waals surface area contributed by atoms with Gasteiger partial charge in [-0.3, -0.25) is 9.58 Å². The minimum atomic E-state index is 0.800. The lowest BCUT2D eigenvalue weighted by molar-refractivity contribution is 0.282. The predicted molar refractivity (Wildman–Crippen MR) is 79.2 cm³/mol. The highest BCUT2D eigenvalue weighted by molar-refractivity contribution is 5.20. The molecular weight excluding hydrogens is 252 g/mol. The second-order valence-corrected chi connectivity index (χ2v) is 5.29. The van der Waals surface area contributed by atoms with Gasteiger partial charge in [-0.25, -0.2) is 0 Å². The minimum absolute atomic E-state index is 0.800. The molecule has 0 aliphatic heterocycles. The van der Waals surface area contributed by atoms with Crippen LogP contribution in [0.15, 0.2) is 22.9 Å². The van der Waals surface area contributed by atoms with Crippen molar-refractivity contribution in [2.75, 3.05) is 13.6 Å². The van der Waals surface area contributed by atoms with Gasteiger partial charge in [-0.05, 0) is 32.1 Å². The van der Waals surface area contributed by atoms with Gasteiger partial charge in [-0.2, -0.15) is 5.10 Å². The molecule has 0 spiro atoms. The van der Waals surface area contributed by atoms with Crippen molar-refractivity contribution < 1.29 is 4.42 Å². The van der Waals surface area contributed by atoms with E-state index in [0.29, 0.717) is 0 Å². The van der Waals surface area contributed by atoms with Crippen LogP contribution in [0, 0.1) is 6.92 Å². The molecule has 0 aromatic carbocycles. The van der Waals surface area contributed by atoms with E-state index in [9.17, 15) is 0 Å². The van der Waals surface area contributed by atoms with Gasteiger partial charge in [0.2, 0.25) is 0 Å². The number of hydrogen-bond acceptors (Lipinski definition) is 4. The summed E-state index contributed by atoms with van der Waals surface area (Å²) in [6.07, 6.45) is 3.95. The topological polar surface area (TPSA) is 46.2 Å². The van der Waals surface area contributed by atoms with Crippen molar-refractivity contribution in [3.05, 3.63) is 41.1 Å². The van der Waals surface area contributed by atoms with Crippen LogP contribution in [0.1, 0.15) is 29.6 Å². The Bertz CT molecular complexity index is 544. The van der Waals surface area contributed by atoms with E-state index in [1.165, 1.54) is 11.1 Å². The third-order valence-corrected chi connectivity index (χ3v) is 3.24. The number of nitrogens with one attached hydrogen (secondary N) is 1. The van der Waals surface area contributed by atoms with Crippen molar-refractivity contribution in [1.29, 1.82) is 0 Å². The van der Waals surface area contributed by atoms with Crippen LogP contribution >= 0.6 is 0 Å². The number of hydrogen-bond donors (Lipinski definition) is 1. The number of aromatic nitrogens is 2. The molecule has 110 valence electrons. The average Bonchev–Trinajstić information content (AvgIpc) is 2.93. The van der Waals surface area contributed by atoms with Crippen molar-refractivity contribution in [2.24, 2.45) is 7.05 Å². The maximum atomic E-state index is 5.91. The third kappa shape index (κ3) is 3.95. The lowest BCUT2D eigenvalue weighted by atomic mass is 10.2. The first-order valence-electron chi connectivity index (χ1n) is 7.03. The number of rotatable bonds is 7. The van der Waals surface area contributed by atoms with Crippen molar-refractivity contribution in [2.45, 2.75) is 33.5 Å².